The standard InChI is InChI=1S/C24H29N5O2/c1-30-19-13-18(14-20(15-19)31-2)16-29-22(25)21-9-6-11-27-23(21)28(24(29)26)12-10-17-7-4-3-5-8-17/h3-9,11,13-15,22,24H,10,12,16,25-26H2,1-2H3. The smallest absolute Gasteiger partial charge is 0.137 e. The fourth-order valence-electron chi connectivity index (χ4n) is 4.02. The molecule has 0 spiro atoms. The molecule has 0 bridgehead atoms. The molecule has 0 saturated heterocycles. The maximum atomic E-state index is 6.75. The predicted octanol–water partition coefficient (Wildman–Crippen LogP) is 2.86. The molecule has 7 nitrogen and oxygen atoms in total. The van der Waals surface area contributed by atoms with E-state index >= 15 is 0 Å². The molecule has 1 aliphatic rings. The zero-order valence-corrected chi connectivity index (χ0v) is 17.9. The van der Waals surface area contributed by atoms with Gasteiger partial charge in [0.1, 0.15) is 23.6 Å². The van der Waals surface area contributed by atoms with Crippen LogP contribution in [0.4, 0.5) is 5.82 Å². The van der Waals surface area contributed by atoms with Crippen molar-refractivity contribution in [3.63, 3.8) is 0 Å². The maximum absolute atomic E-state index is 6.75. The van der Waals surface area contributed by atoms with Crippen LogP contribution in [0.5, 0.6) is 11.5 Å². The number of hydrogen-bond acceptors (Lipinski definition) is 7. The predicted molar refractivity (Wildman–Crippen MR) is 122 cm³/mol. The Morgan fingerprint density at radius 1 is 0.903 bits per heavy atom. The zero-order valence-electron chi connectivity index (χ0n) is 17.9. The summed E-state index contributed by atoms with van der Waals surface area (Å²) in [6, 6.07) is 20.1. The fraction of sp³-hybridized carbons (Fsp3) is 0.292. The van der Waals surface area contributed by atoms with E-state index in [1.807, 2.05) is 36.4 Å². The molecule has 31 heavy (non-hydrogen) atoms. The number of rotatable bonds is 7. The lowest BCUT2D eigenvalue weighted by Gasteiger charge is -2.46. The van der Waals surface area contributed by atoms with Crippen LogP contribution in [0.2, 0.25) is 0 Å². The number of ether oxygens (including phenoxy) is 2. The topological polar surface area (TPSA) is 89.9 Å². The van der Waals surface area contributed by atoms with Crippen molar-refractivity contribution in [3.05, 3.63) is 83.6 Å². The van der Waals surface area contributed by atoms with E-state index < -0.39 is 6.29 Å². The van der Waals surface area contributed by atoms with Gasteiger partial charge in [-0.1, -0.05) is 36.4 Å². The lowest BCUT2D eigenvalue weighted by atomic mass is 10.1. The molecule has 0 saturated carbocycles. The molecule has 0 amide bonds. The Morgan fingerprint density at radius 3 is 2.29 bits per heavy atom. The third kappa shape index (κ3) is 4.49. The van der Waals surface area contributed by atoms with Gasteiger partial charge in [0.25, 0.3) is 0 Å². The SMILES string of the molecule is COc1cc(CN2C(N)c3cccnc3N(CCc3ccccc3)C2N)cc(OC)c1. The molecule has 2 atom stereocenters. The molecule has 2 aromatic carbocycles. The Bertz CT molecular complexity index is 992. The van der Waals surface area contributed by atoms with E-state index in [9.17, 15) is 0 Å². The minimum Gasteiger partial charge on any atom is -0.497 e. The summed E-state index contributed by atoms with van der Waals surface area (Å²) in [5, 5.41) is 0. The average Bonchev–Trinajstić information content (AvgIpc) is 2.82. The summed E-state index contributed by atoms with van der Waals surface area (Å²) in [5.41, 5.74) is 16.6. The molecule has 2 heterocycles. The van der Waals surface area contributed by atoms with Crippen LogP contribution in [0.3, 0.4) is 0 Å². The highest BCUT2D eigenvalue weighted by Gasteiger charge is 2.36. The van der Waals surface area contributed by atoms with E-state index in [0.29, 0.717) is 6.54 Å². The van der Waals surface area contributed by atoms with Crippen molar-refractivity contribution in [1.82, 2.24) is 9.88 Å². The number of benzene rings is 2. The molecule has 162 valence electrons. The Morgan fingerprint density at radius 2 is 1.61 bits per heavy atom. The monoisotopic (exact) mass is 419 g/mol. The van der Waals surface area contributed by atoms with E-state index in [4.69, 9.17) is 20.9 Å². The van der Waals surface area contributed by atoms with Gasteiger partial charge in [-0.05, 0) is 35.7 Å². The second kappa shape index (κ2) is 9.34. The Hall–Kier alpha value is -3.13. The quantitative estimate of drug-likeness (QED) is 0.609. The van der Waals surface area contributed by atoms with Gasteiger partial charge in [0.05, 0.1) is 20.4 Å². The van der Waals surface area contributed by atoms with Crippen LogP contribution >= 0.6 is 0 Å². The zero-order chi connectivity index (χ0) is 21.8. The van der Waals surface area contributed by atoms with Gasteiger partial charge in [-0.2, -0.15) is 0 Å². The van der Waals surface area contributed by atoms with Crippen LogP contribution in [-0.2, 0) is 13.0 Å². The van der Waals surface area contributed by atoms with E-state index in [1.165, 1.54) is 5.56 Å². The second-order valence-corrected chi connectivity index (χ2v) is 7.60. The van der Waals surface area contributed by atoms with Crippen molar-refractivity contribution in [3.8, 4) is 11.5 Å². The van der Waals surface area contributed by atoms with Crippen molar-refractivity contribution in [1.29, 1.82) is 0 Å². The van der Waals surface area contributed by atoms with Crippen LogP contribution in [0.25, 0.3) is 0 Å². The lowest BCUT2D eigenvalue weighted by molar-refractivity contribution is 0.112. The highest BCUT2D eigenvalue weighted by molar-refractivity contribution is 5.51. The maximum Gasteiger partial charge on any atom is 0.137 e. The number of aromatic nitrogens is 1. The second-order valence-electron chi connectivity index (χ2n) is 7.60. The number of methoxy groups -OCH3 is 2. The van der Waals surface area contributed by atoms with Crippen molar-refractivity contribution < 1.29 is 9.47 Å². The summed E-state index contributed by atoms with van der Waals surface area (Å²) in [6.45, 7) is 1.28. The van der Waals surface area contributed by atoms with Gasteiger partial charge >= 0.3 is 0 Å². The number of nitrogens with zero attached hydrogens (tertiary/aromatic N) is 3. The molecule has 3 aromatic rings. The summed E-state index contributed by atoms with van der Waals surface area (Å²) >= 11 is 0. The first-order valence-electron chi connectivity index (χ1n) is 10.3. The Kier molecular flexibility index (Phi) is 6.36. The normalized spacial score (nSPS) is 18.5. The highest BCUT2D eigenvalue weighted by Crippen LogP contribution is 2.35. The number of nitrogens with two attached hydrogens (primary N) is 2. The molecule has 1 aliphatic heterocycles. The molecule has 7 heteroatoms. The molecule has 1 aromatic heterocycles. The largest absolute Gasteiger partial charge is 0.497 e. The summed E-state index contributed by atoms with van der Waals surface area (Å²) in [7, 11) is 3.29. The van der Waals surface area contributed by atoms with Gasteiger partial charge in [0.2, 0.25) is 0 Å². The summed E-state index contributed by atoms with van der Waals surface area (Å²) in [6.07, 6.45) is 1.86. The third-order valence-corrected chi connectivity index (χ3v) is 5.68. The number of anilines is 1. The number of hydrogen-bond donors (Lipinski definition) is 2. The molecule has 0 aliphatic carbocycles. The van der Waals surface area contributed by atoms with E-state index in [-0.39, 0.29) is 6.17 Å². The summed E-state index contributed by atoms with van der Waals surface area (Å²) in [4.78, 5) is 8.81. The van der Waals surface area contributed by atoms with Crippen molar-refractivity contribution >= 4 is 5.82 Å². The average molecular weight is 420 g/mol. The first kappa shape index (κ1) is 21.1. The lowest BCUT2D eigenvalue weighted by Crippen LogP contribution is -2.60. The van der Waals surface area contributed by atoms with Gasteiger partial charge < -0.3 is 20.1 Å². The van der Waals surface area contributed by atoms with Crippen molar-refractivity contribution in [2.45, 2.75) is 25.4 Å². The van der Waals surface area contributed by atoms with Crippen LogP contribution in [0, 0.1) is 0 Å². The number of pyridine rings is 1. The molecule has 4 rings (SSSR count). The highest BCUT2D eigenvalue weighted by atomic mass is 16.5. The van der Waals surface area contributed by atoms with Crippen molar-refractivity contribution in [2.75, 3.05) is 25.7 Å². The molecule has 0 fully saturated rings. The Balaban J connectivity index is 1.63. The first-order valence-corrected chi connectivity index (χ1v) is 10.3. The fourth-order valence-corrected chi connectivity index (χ4v) is 4.02. The third-order valence-electron chi connectivity index (χ3n) is 5.68. The van der Waals surface area contributed by atoms with Crippen LogP contribution in [-0.4, -0.2) is 36.9 Å². The van der Waals surface area contributed by atoms with Gasteiger partial charge in [-0.3, -0.25) is 5.73 Å². The molecule has 0 radical (unpaired) electrons. The molecule has 2 unspecified atom stereocenters. The summed E-state index contributed by atoms with van der Waals surface area (Å²) < 4.78 is 10.8. The van der Waals surface area contributed by atoms with Gasteiger partial charge in [-0.25, -0.2) is 9.88 Å². The van der Waals surface area contributed by atoms with Crippen LogP contribution in [0.1, 0.15) is 22.9 Å². The van der Waals surface area contributed by atoms with E-state index in [0.717, 1.165) is 41.4 Å². The van der Waals surface area contributed by atoms with Crippen LogP contribution < -0.4 is 25.8 Å². The minimum absolute atomic E-state index is 0.371. The van der Waals surface area contributed by atoms with Crippen molar-refractivity contribution in [2.24, 2.45) is 11.5 Å². The minimum atomic E-state index is -0.418. The van der Waals surface area contributed by atoms with Gasteiger partial charge in [0, 0.05) is 30.9 Å². The van der Waals surface area contributed by atoms with Crippen LogP contribution in [0.15, 0.2) is 66.9 Å². The molecular weight excluding hydrogens is 390 g/mol. The van der Waals surface area contributed by atoms with Gasteiger partial charge in [0.15, 0.2) is 0 Å². The molecular formula is C24H29N5O2. The van der Waals surface area contributed by atoms with Gasteiger partial charge in [-0.15, -0.1) is 0 Å². The van der Waals surface area contributed by atoms with E-state index in [1.54, 1.807) is 20.4 Å². The first-order chi connectivity index (χ1) is 15.1. The molecule has 4 N–H and O–H groups in total. The van der Waals surface area contributed by atoms with E-state index in [2.05, 4.69) is 39.0 Å². The number of fused-ring (bicyclic) bond motifs is 1. The Labute approximate surface area is 183 Å². The summed E-state index contributed by atoms with van der Waals surface area (Å²) in [5.74, 6) is 2.31.